The number of aromatic nitrogens is 1. The average Bonchev–Trinajstić information content (AvgIpc) is 3.17. The monoisotopic (exact) mass is 370 g/mol. The van der Waals surface area contributed by atoms with E-state index in [9.17, 15) is 4.79 Å². The van der Waals surface area contributed by atoms with Crippen LogP contribution in [-0.4, -0.2) is 28.9 Å². The van der Waals surface area contributed by atoms with E-state index in [2.05, 4.69) is 0 Å². The molecule has 0 aliphatic carbocycles. The Hall–Kier alpha value is -2.10. The van der Waals surface area contributed by atoms with Gasteiger partial charge in [0.05, 0.1) is 26.8 Å². The lowest BCUT2D eigenvalue weighted by Gasteiger charge is -2.17. The number of benzene rings is 2. The van der Waals surface area contributed by atoms with E-state index in [0.717, 1.165) is 48.1 Å². The lowest BCUT2D eigenvalue weighted by molar-refractivity contribution is 0.0794. The van der Waals surface area contributed by atoms with Crippen molar-refractivity contribution in [2.24, 2.45) is 0 Å². The number of fused-ring (bicyclic) bond motifs is 1. The van der Waals surface area contributed by atoms with Crippen LogP contribution in [0.15, 0.2) is 48.5 Å². The molecule has 1 saturated heterocycles. The molecule has 1 amide bonds. The predicted molar refractivity (Wildman–Crippen MR) is 102 cm³/mol. The van der Waals surface area contributed by atoms with Gasteiger partial charge in [0.15, 0.2) is 0 Å². The highest BCUT2D eigenvalue weighted by Crippen LogP contribution is 2.30. The molecule has 0 unspecified atom stereocenters. The molecule has 2 aromatic carbocycles. The van der Waals surface area contributed by atoms with Crippen LogP contribution in [0.4, 0.5) is 0 Å². The van der Waals surface area contributed by atoms with Crippen LogP contribution in [0.5, 0.6) is 0 Å². The second kappa shape index (κ2) is 6.66. The van der Waals surface area contributed by atoms with Gasteiger partial charge in [0.1, 0.15) is 0 Å². The SMILES string of the molecule is O=C(c1cc(-c2ccc(Cl)c(Cl)c2)nc2ccccc12)N1CCCC1. The van der Waals surface area contributed by atoms with Crippen molar-refractivity contribution in [1.82, 2.24) is 9.88 Å². The summed E-state index contributed by atoms with van der Waals surface area (Å²) in [6, 6.07) is 15.0. The smallest absolute Gasteiger partial charge is 0.254 e. The van der Waals surface area contributed by atoms with Gasteiger partial charge in [-0.3, -0.25) is 4.79 Å². The molecule has 0 spiro atoms. The Morgan fingerprint density at radius 2 is 1.72 bits per heavy atom. The van der Waals surface area contributed by atoms with Crippen molar-refractivity contribution in [1.29, 1.82) is 0 Å². The Morgan fingerprint density at radius 3 is 2.48 bits per heavy atom. The number of likely N-dealkylation sites (tertiary alicyclic amines) is 1. The van der Waals surface area contributed by atoms with Crippen LogP contribution in [0.25, 0.3) is 22.2 Å². The maximum atomic E-state index is 13.0. The van der Waals surface area contributed by atoms with Gasteiger partial charge in [-0.2, -0.15) is 0 Å². The van der Waals surface area contributed by atoms with E-state index in [0.29, 0.717) is 15.6 Å². The van der Waals surface area contributed by atoms with Crippen LogP contribution < -0.4 is 0 Å². The molecule has 1 aliphatic heterocycles. The highest BCUT2D eigenvalue weighted by atomic mass is 35.5. The maximum Gasteiger partial charge on any atom is 0.254 e. The summed E-state index contributed by atoms with van der Waals surface area (Å²) >= 11 is 12.2. The summed E-state index contributed by atoms with van der Waals surface area (Å²) in [4.78, 5) is 19.6. The Balaban J connectivity index is 1.88. The highest BCUT2D eigenvalue weighted by Gasteiger charge is 2.22. The number of pyridine rings is 1. The van der Waals surface area contributed by atoms with Gasteiger partial charge in [0.2, 0.25) is 0 Å². The molecular formula is C20H16Cl2N2O. The molecule has 1 fully saturated rings. The summed E-state index contributed by atoms with van der Waals surface area (Å²) in [5, 5.41) is 1.85. The minimum atomic E-state index is 0.0670. The number of hydrogen-bond donors (Lipinski definition) is 0. The second-order valence-corrected chi connectivity index (χ2v) is 7.01. The Bertz CT molecular complexity index is 965. The van der Waals surface area contributed by atoms with E-state index in [1.807, 2.05) is 41.3 Å². The van der Waals surface area contributed by atoms with Crippen molar-refractivity contribution < 1.29 is 4.79 Å². The molecule has 3 aromatic rings. The van der Waals surface area contributed by atoms with E-state index in [1.54, 1.807) is 12.1 Å². The highest BCUT2D eigenvalue weighted by molar-refractivity contribution is 6.42. The van der Waals surface area contributed by atoms with Crippen molar-refractivity contribution in [3.8, 4) is 11.3 Å². The molecular weight excluding hydrogens is 355 g/mol. The Morgan fingerprint density at radius 1 is 0.960 bits per heavy atom. The Kier molecular flexibility index (Phi) is 4.36. The molecule has 3 nitrogen and oxygen atoms in total. The van der Waals surface area contributed by atoms with Crippen molar-refractivity contribution in [2.75, 3.05) is 13.1 Å². The molecule has 0 saturated carbocycles. The van der Waals surface area contributed by atoms with Crippen LogP contribution in [0.1, 0.15) is 23.2 Å². The first kappa shape index (κ1) is 16.4. The number of amides is 1. The fraction of sp³-hybridized carbons (Fsp3) is 0.200. The summed E-state index contributed by atoms with van der Waals surface area (Å²) in [5.41, 5.74) is 3.05. The molecule has 1 aliphatic rings. The van der Waals surface area contributed by atoms with Crippen molar-refractivity contribution in [3.63, 3.8) is 0 Å². The average molecular weight is 371 g/mol. The van der Waals surface area contributed by atoms with Crippen molar-refractivity contribution in [2.45, 2.75) is 12.8 Å². The van der Waals surface area contributed by atoms with E-state index < -0.39 is 0 Å². The number of nitrogens with zero attached hydrogens (tertiary/aromatic N) is 2. The third-order valence-corrected chi connectivity index (χ3v) is 5.29. The summed E-state index contributed by atoms with van der Waals surface area (Å²) in [6.45, 7) is 1.63. The van der Waals surface area contributed by atoms with Gasteiger partial charge < -0.3 is 4.90 Å². The first-order valence-corrected chi connectivity index (χ1v) is 9.03. The van der Waals surface area contributed by atoms with Crippen LogP contribution in [-0.2, 0) is 0 Å². The largest absolute Gasteiger partial charge is 0.339 e. The predicted octanol–water partition coefficient (Wildman–Crippen LogP) is 5.44. The van der Waals surface area contributed by atoms with Gasteiger partial charge in [-0.25, -0.2) is 4.98 Å². The third kappa shape index (κ3) is 3.10. The molecule has 0 bridgehead atoms. The number of hydrogen-bond acceptors (Lipinski definition) is 2. The van der Waals surface area contributed by atoms with Gasteiger partial charge in [-0.1, -0.05) is 47.5 Å². The molecule has 5 heteroatoms. The molecule has 4 rings (SSSR count). The number of para-hydroxylation sites is 1. The number of halogens is 2. The van der Waals surface area contributed by atoms with E-state index in [-0.39, 0.29) is 5.91 Å². The fourth-order valence-corrected chi connectivity index (χ4v) is 3.54. The maximum absolute atomic E-state index is 13.0. The van der Waals surface area contributed by atoms with Crippen LogP contribution in [0.3, 0.4) is 0 Å². The normalized spacial score (nSPS) is 14.2. The summed E-state index contributed by atoms with van der Waals surface area (Å²) in [6.07, 6.45) is 2.13. The van der Waals surface area contributed by atoms with Gasteiger partial charge in [0.25, 0.3) is 5.91 Å². The summed E-state index contributed by atoms with van der Waals surface area (Å²) in [7, 11) is 0. The molecule has 126 valence electrons. The zero-order valence-electron chi connectivity index (χ0n) is 13.5. The van der Waals surface area contributed by atoms with E-state index >= 15 is 0 Å². The number of carbonyl (C=O) groups excluding carboxylic acids is 1. The van der Waals surface area contributed by atoms with Crippen molar-refractivity contribution >= 4 is 40.0 Å². The van der Waals surface area contributed by atoms with E-state index in [1.165, 1.54) is 0 Å². The number of rotatable bonds is 2. The minimum Gasteiger partial charge on any atom is -0.339 e. The first-order valence-electron chi connectivity index (χ1n) is 8.28. The van der Waals surface area contributed by atoms with Gasteiger partial charge in [-0.05, 0) is 37.1 Å². The molecule has 0 atom stereocenters. The molecule has 0 N–H and O–H groups in total. The third-order valence-electron chi connectivity index (χ3n) is 4.56. The quantitative estimate of drug-likeness (QED) is 0.601. The fourth-order valence-electron chi connectivity index (χ4n) is 3.25. The zero-order chi connectivity index (χ0) is 17.4. The summed E-state index contributed by atoms with van der Waals surface area (Å²) < 4.78 is 0. The van der Waals surface area contributed by atoms with E-state index in [4.69, 9.17) is 28.2 Å². The molecule has 2 heterocycles. The van der Waals surface area contributed by atoms with Gasteiger partial charge >= 0.3 is 0 Å². The summed E-state index contributed by atoms with van der Waals surface area (Å²) in [5.74, 6) is 0.0670. The second-order valence-electron chi connectivity index (χ2n) is 6.20. The van der Waals surface area contributed by atoms with Crippen LogP contribution in [0.2, 0.25) is 10.0 Å². The lowest BCUT2D eigenvalue weighted by Crippen LogP contribution is -2.27. The van der Waals surface area contributed by atoms with Crippen LogP contribution >= 0.6 is 23.2 Å². The van der Waals surface area contributed by atoms with Gasteiger partial charge in [-0.15, -0.1) is 0 Å². The minimum absolute atomic E-state index is 0.0670. The lowest BCUT2D eigenvalue weighted by atomic mass is 10.0. The molecule has 1 aromatic heterocycles. The first-order chi connectivity index (χ1) is 12.1. The molecule has 0 radical (unpaired) electrons. The molecule has 25 heavy (non-hydrogen) atoms. The van der Waals surface area contributed by atoms with Crippen LogP contribution in [0, 0.1) is 0 Å². The van der Waals surface area contributed by atoms with Gasteiger partial charge in [0, 0.05) is 24.0 Å². The number of carbonyl (C=O) groups is 1. The topological polar surface area (TPSA) is 33.2 Å². The zero-order valence-corrected chi connectivity index (χ0v) is 15.0. The standard InChI is InChI=1S/C20H16Cl2N2O/c21-16-8-7-13(11-17(16)22)19-12-15(20(25)24-9-3-4-10-24)14-5-1-2-6-18(14)23-19/h1-2,5-8,11-12H,3-4,9-10H2. The Labute approximate surface area is 156 Å². The van der Waals surface area contributed by atoms with Crippen molar-refractivity contribution in [3.05, 3.63) is 64.1 Å².